The Labute approximate surface area is 127 Å². The first-order chi connectivity index (χ1) is 9.74. The highest BCUT2D eigenvalue weighted by molar-refractivity contribution is 6.35. The Bertz CT molecular complexity index is 695. The van der Waals surface area contributed by atoms with Gasteiger partial charge >= 0.3 is 0 Å². The number of rotatable bonds is 2. The van der Waals surface area contributed by atoms with E-state index in [1.165, 1.54) is 0 Å². The summed E-state index contributed by atoms with van der Waals surface area (Å²) < 4.78 is 1.91. The fraction of sp³-hybridized carbons (Fsp3) is 0.214. The lowest BCUT2D eigenvalue weighted by Crippen LogP contribution is -1.99. The molecular weight excluding hydrogens is 295 g/mol. The Morgan fingerprint density at radius 2 is 1.75 bits per heavy atom. The van der Waals surface area contributed by atoms with Crippen molar-refractivity contribution < 1.29 is 0 Å². The normalized spacial score (nSPS) is 10.2. The van der Waals surface area contributed by atoms with Crippen LogP contribution >= 0.6 is 23.2 Å². The zero-order valence-corrected chi connectivity index (χ0v) is 12.7. The molecule has 0 atom stereocenters. The third-order valence-corrected chi connectivity index (χ3v) is 3.03. The van der Waals surface area contributed by atoms with E-state index in [1.807, 2.05) is 48.7 Å². The zero-order chi connectivity index (χ0) is 14.5. The standard InChI is InChI=1S/C12H8Cl2N4.C2H6/c13-10-9-11(17-12(14)16-10)15-7-18(9)6-8-4-2-1-3-5-8;1-2/h1-5,7H,6H2;1-2H3. The molecular formula is C14H14Cl2N4. The molecule has 104 valence electrons. The lowest BCUT2D eigenvalue weighted by atomic mass is 10.2. The molecule has 6 heteroatoms. The molecule has 0 fully saturated rings. The minimum absolute atomic E-state index is 0.109. The SMILES string of the molecule is CC.Clc1nc(Cl)c2c(ncn2Cc2ccccc2)n1. The van der Waals surface area contributed by atoms with Crippen molar-refractivity contribution in [2.75, 3.05) is 0 Å². The van der Waals surface area contributed by atoms with Crippen LogP contribution < -0.4 is 0 Å². The highest BCUT2D eigenvalue weighted by Gasteiger charge is 2.11. The molecule has 0 saturated heterocycles. The van der Waals surface area contributed by atoms with E-state index in [1.54, 1.807) is 6.33 Å². The Morgan fingerprint density at radius 3 is 2.45 bits per heavy atom. The van der Waals surface area contributed by atoms with Gasteiger partial charge in [-0.05, 0) is 17.2 Å². The van der Waals surface area contributed by atoms with Crippen molar-refractivity contribution in [3.63, 3.8) is 0 Å². The number of hydrogen-bond acceptors (Lipinski definition) is 3. The molecule has 3 aromatic rings. The minimum Gasteiger partial charge on any atom is -0.322 e. The van der Waals surface area contributed by atoms with E-state index in [0.29, 0.717) is 22.9 Å². The molecule has 1 aromatic carbocycles. The van der Waals surface area contributed by atoms with Crippen molar-refractivity contribution in [1.29, 1.82) is 0 Å². The molecule has 0 bridgehead atoms. The molecule has 0 unspecified atom stereocenters. The number of nitrogens with zero attached hydrogens (tertiary/aromatic N) is 4. The quantitative estimate of drug-likeness (QED) is 0.526. The monoisotopic (exact) mass is 308 g/mol. The first-order valence-electron chi connectivity index (χ1n) is 6.32. The van der Waals surface area contributed by atoms with Crippen molar-refractivity contribution in [3.8, 4) is 0 Å². The van der Waals surface area contributed by atoms with E-state index >= 15 is 0 Å². The average molecular weight is 309 g/mol. The van der Waals surface area contributed by atoms with E-state index in [0.717, 1.165) is 5.56 Å². The molecule has 0 amide bonds. The Balaban J connectivity index is 0.000000704. The van der Waals surface area contributed by atoms with Crippen LogP contribution in [0.4, 0.5) is 0 Å². The zero-order valence-electron chi connectivity index (χ0n) is 11.2. The van der Waals surface area contributed by atoms with Gasteiger partial charge in [0.15, 0.2) is 10.8 Å². The van der Waals surface area contributed by atoms with Crippen LogP contribution in [0.1, 0.15) is 19.4 Å². The van der Waals surface area contributed by atoms with Crippen molar-refractivity contribution in [2.24, 2.45) is 0 Å². The second-order valence-corrected chi connectivity index (χ2v) is 4.51. The maximum absolute atomic E-state index is 6.08. The molecule has 0 aliphatic rings. The summed E-state index contributed by atoms with van der Waals surface area (Å²) in [6.45, 7) is 4.67. The number of benzene rings is 1. The highest BCUT2D eigenvalue weighted by Crippen LogP contribution is 2.22. The van der Waals surface area contributed by atoms with Gasteiger partial charge in [-0.3, -0.25) is 0 Å². The largest absolute Gasteiger partial charge is 0.322 e. The third-order valence-electron chi connectivity index (χ3n) is 2.60. The number of halogens is 2. The molecule has 3 rings (SSSR count). The van der Waals surface area contributed by atoms with Crippen LogP contribution in [-0.2, 0) is 6.54 Å². The van der Waals surface area contributed by atoms with E-state index in [4.69, 9.17) is 23.2 Å². The second-order valence-electron chi connectivity index (χ2n) is 3.81. The van der Waals surface area contributed by atoms with Crippen LogP contribution in [0.5, 0.6) is 0 Å². The van der Waals surface area contributed by atoms with Gasteiger partial charge < -0.3 is 4.57 Å². The van der Waals surface area contributed by atoms with Crippen molar-refractivity contribution >= 4 is 34.4 Å². The molecule has 0 N–H and O–H groups in total. The summed E-state index contributed by atoms with van der Waals surface area (Å²) in [5, 5.41) is 0.427. The van der Waals surface area contributed by atoms with E-state index in [2.05, 4.69) is 15.0 Å². The Morgan fingerprint density at radius 1 is 1.05 bits per heavy atom. The van der Waals surface area contributed by atoms with Crippen LogP contribution in [0.15, 0.2) is 36.7 Å². The van der Waals surface area contributed by atoms with Gasteiger partial charge in [-0.15, -0.1) is 0 Å². The van der Waals surface area contributed by atoms with Crippen LogP contribution in [-0.4, -0.2) is 19.5 Å². The number of hydrogen-bond donors (Lipinski definition) is 0. The molecule has 2 heterocycles. The van der Waals surface area contributed by atoms with Gasteiger partial charge in [-0.2, -0.15) is 4.98 Å². The Hall–Kier alpha value is -1.65. The minimum atomic E-state index is 0.109. The van der Waals surface area contributed by atoms with E-state index < -0.39 is 0 Å². The first-order valence-corrected chi connectivity index (χ1v) is 7.07. The van der Waals surface area contributed by atoms with Crippen molar-refractivity contribution in [3.05, 3.63) is 52.7 Å². The molecule has 0 aliphatic heterocycles. The number of fused-ring (bicyclic) bond motifs is 1. The molecule has 20 heavy (non-hydrogen) atoms. The second kappa shape index (κ2) is 6.68. The summed E-state index contributed by atoms with van der Waals surface area (Å²) in [4.78, 5) is 12.2. The average Bonchev–Trinajstić information content (AvgIpc) is 2.85. The fourth-order valence-electron chi connectivity index (χ4n) is 1.81. The molecule has 0 saturated carbocycles. The molecule has 0 aliphatic carbocycles. The fourth-order valence-corrected chi connectivity index (χ4v) is 2.29. The summed E-state index contributed by atoms with van der Waals surface area (Å²) in [6, 6.07) is 10.0. The maximum atomic E-state index is 6.08. The number of aromatic nitrogens is 4. The van der Waals surface area contributed by atoms with Gasteiger partial charge in [0.2, 0.25) is 5.28 Å². The predicted molar refractivity (Wildman–Crippen MR) is 82.2 cm³/mol. The van der Waals surface area contributed by atoms with Crippen molar-refractivity contribution in [2.45, 2.75) is 20.4 Å². The van der Waals surface area contributed by atoms with Crippen LogP contribution in [0, 0.1) is 0 Å². The lowest BCUT2D eigenvalue weighted by molar-refractivity contribution is 0.823. The van der Waals surface area contributed by atoms with Crippen LogP contribution in [0.3, 0.4) is 0 Å². The topological polar surface area (TPSA) is 43.6 Å². The van der Waals surface area contributed by atoms with Crippen LogP contribution in [0.25, 0.3) is 11.2 Å². The number of imidazole rings is 1. The first kappa shape index (κ1) is 14.8. The van der Waals surface area contributed by atoms with Crippen LogP contribution in [0.2, 0.25) is 10.4 Å². The van der Waals surface area contributed by atoms with Gasteiger partial charge in [0.1, 0.15) is 5.52 Å². The molecule has 2 aromatic heterocycles. The van der Waals surface area contributed by atoms with E-state index in [9.17, 15) is 0 Å². The molecule has 0 radical (unpaired) electrons. The van der Waals surface area contributed by atoms with Gasteiger partial charge in [-0.25, -0.2) is 9.97 Å². The Kier molecular flexibility index (Phi) is 4.93. The summed E-state index contributed by atoms with van der Waals surface area (Å²) in [7, 11) is 0. The van der Waals surface area contributed by atoms with Gasteiger partial charge in [0.05, 0.1) is 6.33 Å². The summed E-state index contributed by atoms with van der Waals surface area (Å²) >= 11 is 11.8. The van der Waals surface area contributed by atoms with Gasteiger partial charge in [0, 0.05) is 6.54 Å². The van der Waals surface area contributed by atoms with E-state index in [-0.39, 0.29) is 5.28 Å². The summed E-state index contributed by atoms with van der Waals surface area (Å²) in [5.74, 6) is 0. The van der Waals surface area contributed by atoms with Gasteiger partial charge in [-0.1, -0.05) is 55.8 Å². The summed E-state index contributed by atoms with van der Waals surface area (Å²) in [6.07, 6.45) is 1.69. The summed E-state index contributed by atoms with van der Waals surface area (Å²) in [5.41, 5.74) is 2.36. The third kappa shape index (κ3) is 3.08. The molecule has 0 spiro atoms. The van der Waals surface area contributed by atoms with Gasteiger partial charge in [0.25, 0.3) is 0 Å². The van der Waals surface area contributed by atoms with Crippen molar-refractivity contribution in [1.82, 2.24) is 19.5 Å². The maximum Gasteiger partial charge on any atom is 0.225 e. The lowest BCUT2D eigenvalue weighted by Gasteiger charge is -2.04. The predicted octanol–water partition coefficient (Wildman–Crippen LogP) is 4.21. The smallest absolute Gasteiger partial charge is 0.225 e. The molecule has 4 nitrogen and oxygen atoms in total. The highest BCUT2D eigenvalue weighted by atomic mass is 35.5.